The summed E-state index contributed by atoms with van der Waals surface area (Å²) in [6.45, 7) is 6.53. The lowest BCUT2D eigenvalue weighted by Gasteiger charge is -2.34. The van der Waals surface area contributed by atoms with Gasteiger partial charge in [0.25, 0.3) is 0 Å². The van der Waals surface area contributed by atoms with Crippen molar-refractivity contribution in [1.82, 2.24) is 26.2 Å². The minimum atomic E-state index is -0.651. The predicted molar refractivity (Wildman–Crippen MR) is 129 cm³/mol. The van der Waals surface area contributed by atoms with Crippen molar-refractivity contribution in [3.8, 4) is 0 Å². The van der Waals surface area contributed by atoms with Crippen LogP contribution in [-0.2, 0) is 19.2 Å². The van der Waals surface area contributed by atoms with E-state index in [0.29, 0.717) is 12.8 Å². The number of likely N-dealkylation sites (N-methyl/N-ethyl adjacent to an activating group) is 2. The van der Waals surface area contributed by atoms with E-state index in [0.717, 1.165) is 32.1 Å². The van der Waals surface area contributed by atoms with Crippen LogP contribution in [0.1, 0.15) is 78.6 Å². The molecular weight excluding hydrogens is 422 g/mol. The van der Waals surface area contributed by atoms with Crippen molar-refractivity contribution in [2.75, 3.05) is 27.2 Å². The van der Waals surface area contributed by atoms with Crippen molar-refractivity contribution >= 4 is 23.6 Å². The highest BCUT2D eigenvalue weighted by atomic mass is 16.2. The van der Waals surface area contributed by atoms with Crippen molar-refractivity contribution in [1.29, 1.82) is 0 Å². The van der Waals surface area contributed by atoms with Gasteiger partial charge in [-0.1, -0.05) is 52.9 Å². The van der Waals surface area contributed by atoms with Crippen LogP contribution in [0.25, 0.3) is 0 Å². The van der Waals surface area contributed by atoms with Crippen molar-refractivity contribution in [3.05, 3.63) is 0 Å². The Morgan fingerprint density at radius 2 is 1.58 bits per heavy atom. The maximum Gasteiger partial charge on any atom is 0.246 e. The summed E-state index contributed by atoms with van der Waals surface area (Å²) in [7, 11) is 3.22. The Morgan fingerprint density at radius 1 is 0.939 bits per heavy atom. The van der Waals surface area contributed by atoms with E-state index >= 15 is 0 Å². The van der Waals surface area contributed by atoms with E-state index in [2.05, 4.69) is 35.1 Å². The summed E-state index contributed by atoms with van der Waals surface area (Å²) in [5.74, 6) is -0.764. The van der Waals surface area contributed by atoms with Gasteiger partial charge in [0, 0.05) is 26.1 Å². The SMILES string of the molecule is CCC(=O)NC1CC(C(=O)NC)N(C(=O)C(NC(=O)CNC)C2CCCCC2)C1.CCCC. The standard InChI is InChI=1S/C20H35N5O4.C4H10/c1-4-16(26)23-14-10-15(19(28)22-3)25(12-14)20(29)18(24-17(27)11-21-2)13-8-6-5-7-9-13;1-3-4-2/h13-15,18,21H,4-12H2,1-3H3,(H,22,28)(H,23,26)(H,24,27);3-4H2,1-2H3. The fourth-order valence-electron chi connectivity index (χ4n) is 4.34. The lowest BCUT2D eigenvalue weighted by atomic mass is 9.83. The highest BCUT2D eigenvalue weighted by Gasteiger charge is 2.43. The number of hydrogen-bond donors (Lipinski definition) is 4. The number of hydrogen-bond acceptors (Lipinski definition) is 5. The minimum absolute atomic E-state index is 0.0617. The molecular formula is C24H45N5O4. The Labute approximate surface area is 199 Å². The topological polar surface area (TPSA) is 120 Å². The van der Waals surface area contributed by atoms with Gasteiger partial charge in [0.1, 0.15) is 12.1 Å². The normalized spacial score (nSPS) is 21.4. The summed E-state index contributed by atoms with van der Waals surface area (Å²) < 4.78 is 0. The predicted octanol–water partition coefficient (Wildman–Crippen LogP) is 1.32. The monoisotopic (exact) mass is 467 g/mol. The number of amides is 4. The number of nitrogens with one attached hydrogen (secondary N) is 4. The number of carbonyl (C=O) groups is 4. The molecule has 9 nitrogen and oxygen atoms in total. The molecule has 0 spiro atoms. The number of carbonyl (C=O) groups excluding carboxylic acids is 4. The van der Waals surface area contributed by atoms with Crippen molar-refractivity contribution in [2.45, 2.75) is 96.7 Å². The molecule has 1 aliphatic carbocycles. The zero-order chi connectivity index (χ0) is 24.8. The molecule has 1 heterocycles. The van der Waals surface area contributed by atoms with E-state index in [9.17, 15) is 19.2 Å². The van der Waals surface area contributed by atoms with E-state index in [1.807, 2.05) is 0 Å². The second kappa shape index (κ2) is 15.6. The number of nitrogens with zero attached hydrogens (tertiary/aromatic N) is 1. The van der Waals surface area contributed by atoms with Gasteiger partial charge in [-0.3, -0.25) is 19.2 Å². The maximum atomic E-state index is 13.5. The summed E-state index contributed by atoms with van der Waals surface area (Å²) in [6, 6.07) is -1.57. The Balaban J connectivity index is 0.00000125. The van der Waals surface area contributed by atoms with Gasteiger partial charge >= 0.3 is 0 Å². The summed E-state index contributed by atoms with van der Waals surface area (Å²) in [4.78, 5) is 51.6. The van der Waals surface area contributed by atoms with Crippen LogP contribution in [0.2, 0.25) is 0 Å². The average molecular weight is 468 g/mol. The third kappa shape index (κ3) is 9.31. The molecule has 1 saturated carbocycles. The summed E-state index contributed by atoms with van der Waals surface area (Å²) in [5.41, 5.74) is 0. The third-order valence-electron chi connectivity index (χ3n) is 6.36. The lowest BCUT2D eigenvalue weighted by Crippen LogP contribution is -2.57. The minimum Gasteiger partial charge on any atom is -0.357 e. The first-order chi connectivity index (χ1) is 15.8. The fourth-order valence-corrected chi connectivity index (χ4v) is 4.34. The largest absolute Gasteiger partial charge is 0.357 e. The van der Waals surface area contributed by atoms with E-state index in [4.69, 9.17) is 0 Å². The molecule has 33 heavy (non-hydrogen) atoms. The van der Waals surface area contributed by atoms with Crippen LogP contribution in [0.3, 0.4) is 0 Å². The number of rotatable bonds is 9. The van der Waals surface area contributed by atoms with Gasteiger partial charge < -0.3 is 26.2 Å². The molecule has 0 aromatic heterocycles. The van der Waals surface area contributed by atoms with Crippen LogP contribution < -0.4 is 21.3 Å². The first kappa shape index (κ1) is 28.9. The van der Waals surface area contributed by atoms with Gasteiger partial charge in [-0.15, -0.1) is 0 Å². The first-order valence-corrected chi connectivity index (χ1v) is 12.6. The zero-order valence-corrected chi connectivity index (χ0v) is 21.2. The summed E-state index contributed by atoms with van der Waals surface area (Å²) in [6.07, 6.45) is 8.32. The van der Waals surface area contributed by atoms with E-state index in [-0.39, 0.29) is 48.7 Å². The fraction of sp³-hybridized carbons (Fsp3) is 0.833. The Morgan fingerprint density at radius 3 is 2.09 bits per heavy atom. The maximum absolute atomic E-state index is 13.5. The molecule has 0 aromatic carbocycles. The molecule has 3 unspecified atom stereocenters. The molecule has 1 saturated heterocycles. The van der Waals surface area contributed by atoms with Gasteiger partial charge in [0.05, 0.1) is 6.54 Å². The van der Waals surface area contributed by atoms with Gasteiger partial charge in [0.15, 0.2) is 0 Å². The molecule has 0 bridgehead atoms. The van der Waals surface area contributed by atoms with E-state index in [1.165, 1.54) is 19.9 Å². The molecule has 4 amide bonds. The second-order valence-corrected chi connectivity index (χ2v) is 8.95. The molecule has 190 valence electrons. The Bertz CT molecular complexity index is 634. The van der Waals surface area contributed by atoms with Crippen LogP contribution >= 0.6 is 0 Å². The van der Waals surface area contributed by atoms with Crippen molar-refractivity contribution < 1.29 is 19.2 Å². The van der Waals surface area contributed by atoms with Crippen molar-refractivity contribution in [2.24, 2.45) is 5.92 Å². The van der Waals surface area contributed by atoms with Crippen LogP contribution in [0.5, 0.6) is 0 Å². The number of likely N-dealkylation sites (tertiary alicyclic amines) is 1. The molecule has 2 aliphatic rings. The van der Waals surface area contributed by atoms with E-state index < -0.39 is 12.1 Å². The van der Waals surface area contributed by atoms with Crippen LogP contribution in [0.4, 0.5) is 0 Å². The molecule has 3 atom stereocenters. The van der Waals surface area contributed by atoms with Crippen LogP contribution in [-0.4, -0.2) is 73.8 Å². The third-order valence-corrected chi connectivity index (χ3v) is 6.36. The van der Waals surface area contributed by atoms with Gasteiger partial charge in [-0.2, -0.15) is 0 Å². The van der Waals surface area contributed by atoms with Gasteiger partial charge in [0.2, 0.25) is 23.6 Å². The summed E-state index contributed by atoms with van der Waals surface area (Å²) >= 11 is 0. The molecule has 9 heteroatoms. The Kier molecular flexibility index (Phi) is 13.7. The average Bonchev–Trinajstić information content (AvgIpc) is 3.26. The molecule has 1 aliphatic heterocycles. The van der Waals surface area contributed by atoms with Crippen molar-refractivity contribution in [3.63, 3.8) is 0 Å². The molecule has 4 N–H and O–H groups in total. The highest BCUT2D eigenvalue weighted by Crippen LogP contribution is 2.29. The number of unbranched alkanes of at least 4 members (excludes halogenated alkanes) is 1. The molecule has 2 rings (SSSR count). The Hall–Kier alpha value is -2.16. The lowest BCUT2D eigenvalue weighted by molar-refractivity contribution is -0.142. The highest BCUT2D eigenvalue weighted by molar-refractivity contribution is 5.93. The zero-order valence-electron chi connectivity index (χ0n) is 21.2. The van der Waals surface area contributed by atoms with E-state index in [1.54, 1.807) is 18.9 Å². The summed E-state index contributed by atoms with van der Waals surface area (Å²) in [5, 5.41) is 11.2. The quantitative estimate of drug-likeness (QED) is 0.408. The molecule has 0 radical (unpaired) electrons. The smallest absolute Gasteiger partial charge is 0.246 e. The van der Waals surface area contributed by atoms with Crippen LogP contribution in [0.15, 0.2) is 0 Å². The first-order valence-electron chi connectivity index (χ1n) is 12.6. The van der Waals surface area contributed by atoms with Crippen LogP contribution in [0, 0.1) is 5.92 Å². The second-order valence-electron chi connectivity index (χ2n) is 8.95. The van der Waals surface area contributed by atoms with Gasteiger partial charge in [-0.25, -0.2) is 0 Å². The molecule has 2 fully saturated rings. The molecule has 0 aromatic rings. The van der Waals surface area contributed by atoms with Gasteiger partial charge in [-0.05, 0) is 32.2 Å².